The summed E-state index contributed by atoms with van der Waals surface area (Å²) in [5.74, 6) is 0. The standard InChI is InChI=1S/C24H22S/c1-23(2)11-9-15-17-14-22-18(16-7-5-6-8-21(16)25-22)13-20(17)24(3,4)19(15)10-12-23/h5-14H,1-4H3. The fraction of sp³-hybridized carbons (Fsp3) is 0.250. The van der Waals surface area contributed by atoms with E-state index in [2.05, 4.69) is 88.4 Å². The average Bonchev–Trinajstić information content (AvgIpc) is 2.95. The van der Waals surface area contributed by atoms with Crippen LogP contribution in [0.2, 0.25) is 0 Å². The smallest absolute Gasteiger partial charge is 0.0361 e. The molecule has 2 aliphatic rings. The van der Waals surface area contributed by atoms with Crippen molar-refractivity contribution in [1.82, 2.24) is 0 Å². The van der Waals surface area contributed by atoms with E-state index in [1.807, 2.05) is 11.3 Å². The third-order valence-corrected chi connectivity index (χ3v) is 6.94. The van der Waals surface area contributed by atoms with Gasteiger partial charge in [0.1, 0.15) is 0 Å². The summed E-state index contributed by atoms with van der Waals surface area (Å²) in [5, 5.41) is 2.79. The van der Waals surface area contributed by atoms with E-state index in [1.165, 1.54) is 42.4 Å². The van der Waals surface area contributed by atoms with Gasteiger partial charge in [0.2, 0.25) is 0 Å². The second-order valence-corrected chi connectivity index (χ2v) is 9.52. The highest BCUT2D eigenvalue weighted by Gasteiger charge is 2.37. The summed E-state index contributed by atoms with van der Waals surface area (Å²) in [4.78, 5) is 0. The number of hydrogen-bond acceptors (Lipinski definition) is 1. The van der Waals surface area contributed by atoms with Gasteiger partial charge in [-0.2, -0.15) is 0 Å². The lowest BCUT2D eigenvalue weighted by Crippen LogP contribution is -2.16. The molecule has 2 aliphatic carbocycles. The molecular weight excluding hydrogens is 320 g/mol. The highest BCUT2D eigenvalue weighted by Crippen LogP contribution is 2.51. The van der Waals surface area contributed by atoms with Crippen LogP contribution in [0.4, 0.5) is 0 Å². The van der Waals surface area contributed by atoms with Crippen LogP contribution < -0.4 is 0 Å². The van der Waals surface area contributed by atoms with Gasteiger partial charge < -0.3 is 0 Å². The number of fused-ring (bicyclic) bond motifs is 5. The van der Waals surface area contributed by atoms with Gasteiger partial charge in [-0.1, -0.05) is 70.2 Å². The zero-order valence-electron chi connectivity index (χ0n) is 15.2. The van der Waals surface area contributed by atoms with Crippen molar-refractivity contribution in [2.45, 2.75) is 33.1 Å². The Morgan fingerprint density at radius 2 is 1.56 bits per heavy atom. The van der Waals surface area contributed by atoms with E-state index in [9.17, 15) is 0 Å². The van der Waals surface area contributed by atoms with Crippen molar-refractivity contribution in [2.75, 3.05) is 0 Å². The van der Waals surface area contributed by atoms with E-state index < -0.39 is 0 Å². The molecule has 3 aromatic rings. The molecule has 124 valence electrons. The third kappa shape index (κ3) is 2.05. The lowest BCUT2D eigenvalue weighted by atomic mass is 9.80. The molecule has 0 fully saturated rings. The van der Waals surface area contributed by atoms with Crippen LogP contribution in [0.5, 0.6) is 0 Å². The molecule has 1 aromatic heterocycles. The number of benzene rings is 2. The topological polar surface area (TPSA) is 0 Å². The first-order valence-corrected chi connectivity index (χ1v) is 9.78. The van der Waals surface area contributed by atoms with E-state index in [0.717, 1.165) is 0 Å². The second kappa shape index (κ2) is 4.74. The summed E-state index contributed by atoms with van der Waals surface area (Å²) in [5.41, 5.74) is 5.89. The lowest BCUT2D eigenvalue weighted by molar-refractivity contribution is 0.620. The minimum atomic E-state index is 0.0448. The number of rotatable bonds is 0. The Morgan fingerprint density at radius 1 is 0.800 bits per heavy atom. The summed E-state index contributed by atoms with van der Waals surface area (Å²) in [6, 6.07) is 13.6. The highest BCUT2D eigenvalue weighted by atomic mass is 32.1. The Balaban J connectivity index is 1.84. The fourth-order valence-electron chi connectivity index (χ4n) is 4.27. The summed E-state index contributed by atoms with van der Waals surface area (Å²) in [6.07, 6.45) is 9.40. The molecule has 0 N–H and O–H groups in total. The van der Waals surface area contributed by atoms with E-state index in [0.29, 0.717) is 0 Å². The number of allylic oxidation sites excluding steroid dienone is 6. The zero-order valence-corrected chi connectivity index (χ0v) is 16.0. The Kier molecular flexibility index (Phi) is 2.87. The van der Waals surface area contributed by atoms with Crippen LogP contribution in [0, 0.1) is 5.41 Å². The first-order chi connectivity index (χ1) is 11.9. The van der Waals surface area contributed by atoms with Gasteiger partial charge in [0.15, 0.2) is 0 Å². The molecule has 0 unspecified atom stereocenters. The molecule has 0 aliphatic heterocycles. The van der Waals surface area contributed by atoms with Crippen LogP contribution in [0.25, 0.3) is 25.7 Å². The van der Waals surface area contributed by atoms with E-state index in [-0.39, 0.29) is 10.8 Å². The normalized spacial score (nSPS) is 20.2. The minimum Gasteiger partial charge on any atom is -0.135 e. The lowest BCUT2D eigenvalue weighted by Gasteiger charge is -2.23. The van der Waals surface area contributed by atoms with E-state index in [4.69, 9.17) is 0 Å². The van der Waals surface area contributed by atoms with Crippen molar-refractivity contribution < 1.29 is 0 Å². The van der Waals surface area contributed by atoms with Crippen LogP contribution in [-0.4, -0.2) is 0 Å². The van der Waals surface area contributed by atoms with Gasteiger partial charge in [0.05, 0.1) is 0 Å². The SMILES string of the molecule is CC1(C)C=CC2=C(C=C1)C(C)(C)c1cc3c(cc12)sc1ccccc13. The summed E-state index contributed by atoms with van der Waals surface area (Å²) >= 11 is 1.91. The average molecular weight is 343 g/mol. The van der Waals surface area contributed by atoms with Gasteiger partial charge in [-0.15, -0.1) is 11.3 Å². The van der Waals surface area contributed by atoms with Crippen molar-refractivity contribution in [3.63, 3.8) is 0 Å². The van der Waals surface area contributed by atoms with Crippen LogP contribution >= 0.6 is 11.3 Å². The predicted molar refractivity (Wildman–Crippen MR) is 111 cm³/mol. The summed E-state index contributed by atoms with van der Waals surface area (Å²) < 4.78 is 2.77. The predicted octanol–water partition coefficient (Wildman–Crippen LogP) is 7.25. The van der Waals surface area contributed by atoms with Crippen molar-refractivity contribution in [1.29, 1.82) is 0 Å². The molecule has 1 heteroatoms. The Morgan fingerprint density at radius 3 is 2.40 bits per heavy atom. The van der Waals surface area contributed by atoms with E-state index >= 15 is 0 Å². The van der Waals surface area contributed by atoms with Crippen LogP contribution in [0.15, 0.2) is 66.3 Å². The molecule has 0 nitrogen and oxygen atoms in total. The largest absolute Gasteiger partial charge is 0.135 e. The number of hydrogen-bond donors (Lipinski definition) is 0. The molecule has 25 heavy (non-hydrogen) atoms. The van der Waals surface area contributed by atoms with Crippen molar-refractivity contribution in [3.05, 3.63) is 77.4 Å². The van der Waals surface area contributed by atoms with Gasteiger partial charge in [0.25, 0.3) is 0 Å². The number of thiophene rings is 1. The van der Waals surface area contributed by atoms with Crippen LogP contribution in [0.3, 0.4) is 0 Å². The highest BCUT2D eigenvalue weighted by molar-refractivity contribution is 7.25. The molecule has 5 rings (SSSR count). The molecule has 2 aromatic carbocycles. The molecule has 0 atom stereocenters. The fourth-order valence-corrected chi connectivity index (χ4v) is 5.39. The van der Waals surface area contributed by atoms with Gasteiger partial charge in [0, 0.05) is 31.0 Å². The van der Waals surface area contributed by atoms with Crippen LogP contribution in [0.1, 0.15) is 38.8 Å². The molecular formula is C24H22S. The monoisotopic (exact) mass is 342 g/mol. The quantitative estimate of drug-likeness (QED) is 0.403. The first kappa shape index (κ1) is 15.2. The van der Waals surface area contributed by atoms with Crippen molar-refractivity contribution in [2.24, 2.45) is 5.41 Å². The first-order valence-electron chi connectivity index (χ1n) is 8.96. The molecule has 0 saturated carbocycles. The van der Waals surface area contributed by atoms with Gasteiger partial charge in [-0.05, 0) is 40.5 Å². The molecule has 1 heterocycles. The molecule has 0 saturated heterocycles. The molecule has 0 spiro atoms. The van der Waals surface area contributed by atoms with Crippen LogP contribution in [-0.2, 0) is 5.41 Å². The Hall–Kier alpha value is -2.12. The molecule has 0 bridgehead atoms. The summed E-state index contributed by atoms with van der Waals surface area (Å²) in [6.45, 7) is 9.27. The third-order valence-electron chi connectivity index (χ3n) is 5.80. The minimum absolute atomic E-state index is 0.0448. The maximum Gasteiger partial charge on any atom is 0.0361 e. The van der Waals surface area contributed by atoms with Crippen molar-refractivity contribution in [3.8, 4) is 0 Å². The van der Waals surface area contributed by atoms with Gasteiger partial charge in [-0.3, -0.25) is 0 Å². The second-order valence-electron chi connectivity index (χ2n) is 8.43. The zero-order chi connectivity index (χ0) is 17.4. The van der Waals surface area contributed by atoms with E-state index in [1.54, 1.807) is 0 Å². The van der Waals surface area contributed by atoms with Gasteiger partial charge in [-0.25, -0.2) is 0 Å². The molecule has 0 amide bonds. The maximum atomic E-state index is 2.45. The Bertz CT molecular complexity index is 1130. The summed E-state index contributed by atoms with van der Waals surface area (Å²) in [7, 11) is 0. The Labute approximate surface area is 153 Å². The van der Waals surface area contributed by atoms with Crippen molar-refractivity contribution >= 4 is 37.1 Å². The maximum absolute atomic E-state index is 2.45. The molecule has 0 radical (unpaired) electrons. The van der Waals surface area contributed by atoms with Gasteiger partial charge >= 0.3 is 0 Å².